The summed E-state index contributed by atoms with van der Waals surface area (Å²) in [4.78, 5) is 29.3. The van der Waals surface area contributed by atoms with Crippen molar-refractivity contribution in [2.24, 2.45) is 5.92 Å². The molecule has 1 saturated carbocycles. The van der Waals surface area contributed by atoms with E-state index in [1.807, 2.05) is 44.2 Å². The number of amides is 2. The van der Waals surface area contributed by atoms with E-state index < -0.39 is 0 Å². The third-order valence-corrected chi connectivity index (χ3v) is 4.86. The summed E-state index contributed by atoms with van der Waals surface area (Å²) in [6.07, 6.45) is 2.49. The number of nitrogens with zero attached hydrogens (tertiary/aromatic N) is 1. The number of oxazole rings is 1. The zero-order valence-corrected chi connectivity index (χ0v) is 17.1. The largest absolute Gasteiger partial charge is 0.440 e. The van der Waals surface area contributed by atoms with E-state index in [0.29, 0.717) is 41.1 Å². The SMILES string of the molecule is CC(C)CC(=O)Nc1ccc(NC(=O)c2nc(-c3ccccc3)oc2C2CC2)cc1. The van der Waals surface area contributed by atoms with Gasteiger partial charge in [0.2, 0.25) is 11.8 Å². The maximum absolute atomic E-state index is 12.9. The number of hydrogen-bond acceptors (Lipinski definition) is 4. The predicted molar refractivity (Wildman–Crippen MR) is 116 cm³/mol. The highest BCUT2D eigenvalue weighted by Gasteiger charge is 2.34. The highest BCUT2D eigenvalue weighted by Crippen LogP contribution is 2.43. The number of anilines is 2. The second kappa shape index (κ2) is 8.53. The predicted octanol–water partition coefficient (Wildman–Crippen LogP) is 5.46. The van der Waals surface area contributed by atoms with Crippen molar-refractivity contribution in [1.82, 2.24) is 4.98 Å². The van der Waals surface area contributed by atoms with E-state index in [4.69, 9.17) is 4.42 Å². The molecule has 2 N–H and O–H groups in total. The molecule has 1 aliphatic rings. The number of carbonyl (C=O) groups excluding carboxylic acids is 2. The maximum Gasteiger partial charge on any atom is 0.277 e. The van der Waals surface area contributed by atoms with Crippen LogP contribution in [0.25, 0.3) is 11.5 Å². The second-order valence-corrected chi connectivity index (χ2v) is 8.05. The first-order valence-corrected chi connectivity index (χ1v) is 10.3. The molecule has 6 nitrogen and oxygen atoms in total. The Kier molecular flexibility index (Phi) is 5.65. The van der Waals surface area contributed by atoms with Crippen LogP contribution in [0.2, 0.25) is 0 Å². The fourth-order valence-electron chi connectivity index (χ4n) is 3.23. The molecule has 6 heteroatoms. The van der Waals surface area contributed by atoms with E-state index in [1.165, 1.54) is 0 Å². The van der Waals surface area contributed by atoms with Crippen molar-refractivity contribution >= 4 is 23.2 Å². The summed E-state index contributed by atoms with van der Waals surface area (Å²) >= 11 is 0. The van der Waals surface area contributed by atoms with Gasteiger partial charge in [-0.1, -0.05) is 32.0 Å². The Morgan fingerprint density at radius 2 is 1.63 bits per heavy atom. The van der Waals surface area contributed by atoms with E-state index >= 15 is 0 Å². The van der Waals surface area contributed by atoms with Crippen molar-refractivity contribution in [2.75, 3.05) is 10.6 Å². The van der Waals surface area contributed by atoms with Crippen molar-refractivity contribution in [1.29, 1.82) is 0 Å². The average molecular weight is 403 g/mol. The summed E-state index contributed by atoms with van der Waals surface area (Å²) in [5, 5.41) is 5.74. The van der Waals surface area contributed by atoms with Crippen LogP contribution >= 0.6 is 0 Å². The molecule has 30 heavy (non-hydrogen) atoms. The van der Waals surface area contributed by atoms with Crippen LogP contribution in [0.4, 0.5) is 11.4 Å². The van der Waals surface area contributed by atoms with Crippen molar-refractivity contribution in [3.63, 3.8) is 0 Å². The number of hydrogen-bond donors (Lipinski definition) is 2. The molecule has 2 amide bonds. The van der Waals surface area contributed by atoms with Gasteiger partial charge >= 0.3 is 0 Å². The molecule has 1 aliphatic carbocycles. The van der Waals surface area contributed by atoms with E-state index in [9.17, 15) is 9.59 Å². The molecule has 0 atom stereocenters. The van der Waals surface area contributed by atoms with Crippen molar-refractivity contribution in [2.45, 2.75) is 39.0 Å². The molecule has 2 aromatic carbocycles. The minimum Gasteiger partial charge on any atom is -0.440 e. The lowest BCUT2D eigenvalue weighted by atomic mass is 10.1. The van der Waals surface area contributed by atoms with Gasteiger partial charge in [-0.15, -0.1) is 0 Å². The molecule has 0 bridgehead atoms. The zero-order valence-electron chi connectivity index (χ0n) is 17.1. The number of carbonyl (C=O) groups is 2. The number of benzene rings is 2. The summed E-state index contributed by atoms with van der Waals surface area (Å²) < 4.78 is 5.96. The van der Waals surface area contributed by atoms with Gasteiger partial charge < -0.3 is 15.1 Å². The Morgan fingerprint density at radius 3 is 2.23 bits per heavy atom. The van der Waals surface area contributed by atoms with Gasteiger partial charge in [0.25, 0.3) is 5.91 Å². The summed E-state index contributed by atoms with van der Waals surface area (Å²) in [5.74, 6) is 1.36. The Morgan fingerprint density at radius 1 is 1.00 bits per heavy atom. The molecule has 0 saturated heterocycles. The van der Waals surface area contributed by atoms with Crippen molar-refractivity contribution in [3.8, 4) is 11.5 Å². The molecule has 1 fully saturated rings. The summed E-state index contributed by atoms with van der Waals surface area (Å²) in [5.41, 5.74) is 2.52. The highest BCUT2D eigenvalue weighted by molar-refractivity contribution is 6.04. The van der Waals surface area contributed by atoms with Gasteiger partial charge in [-0.2, -0.15) is 0 Å². The summed E-state index contributed by atoms with van der Waals surface area (Å²) in [7, 11) is 0. The van der Waals surface area contributed by atoms with Crippen LogP contribution in [-0.4, -0.2) is 16.8 Å². The van der Waals surface area contributed by atoms with Crippen LogP contribution < -0.4 is 10.6 Å². The topological polar surface area (TPSA) is 84.2 Å². The molecule has 0 radical (unpaired) electrons. The number of nitrogens with one attached hydrogen (secondary N) is 2. The van der Waals surface area contributed by atoms with Gasteiger partial charge in [0.15, 0.2) is 5.69 Å². The van der Waals surface area contributed by atoms with E-state index in [0.717, 1.165) is 18.4 Å². The first kappa shape index (κ1) is 19.9. The standard InChI is InChI=1S/C24H25N3O3/c1-15(2)14-20(28)25-18-10-12-19(13-11-18)26-23(29)21-22(16-8-9-16)30-24(27-21)17-6-4-3-5-7-17/h3-7,10-13,15-16H,8-9,14H2,1-2H3,(H,25,28)(H,26,29). The summed E-state index contributed by atoms with van der Waals surface area (Å²) in [6.45, 7) is 4.00. The fraction of sp³-hybridized carbons (Fsp3) is 0.292. The van der Waals surface area contributed by atoms with Gasteiger partial charge in [-0.05, 0) is 55.2 Å². The second-order valence-electron chi connectivity index (χ2n) is 8.05. The zero-order chi connectivity index (χ0) is 21.1. The van der Waals surface area contributed by atoms with E-state index in [2.05, 4.69) is 15.6 Å². The third-order valence-electron chi connectivity index (χ3n) is 4.86. The first-order chi connectivity index (χ1) is 14.5. The molecule has 0 unspecified atom stereocenters. The van der Waals surface area contributed by atoms with E-state index in [1.54, 1.807) is 24.3 Å². The Bertz CT molecular complexity index is 1040. The quantitative estimate of drug-likeness (QED) is 0.549. The molecule has 4 rings (SSSR count). The molecule has 1 heterocycles. The molecule has 0 spiro atoms. The minimum atomic E-state index is -0.292. The van der Waals surface area contributed by atoms with Gasteiger partial charge in [-0.25, -0.2) is 4.98 Å². The Balaban J connectivity index is 1.47. The molecule has 154 valence electrons. The van der Waals surface area contributed by atoms with Crippen LogP contribution in [0.3, 0.4) is 0 Å². The van der Waals surface area contributed by atoms with Crippen molar-refractivity contribution < 1.29 is 14.0 Å². The normalized spacial score (nSPS) is 13.3. The lowest BCUT2D eigenvalue weighted by molar-refractivity contribution is -0.116. The summed E-state index contributed by atoms with van der Waals surface area (Å²) in [6, 6.07) is 16.6. The van der Waals surface area contributed by atoms with Crippen LogP contribution in [0.15, 0.2) is 59.0 Å². The molecular weight excluding hydrogens is 378 g/mol. The fourth-order valence-corrected chi connectivity index (χ4v) is 3.23. The highest BCUT2D eigenvalue weighted by atomic mass is 16.4. The van der Waals surface area contributed by atoms with Gasteiger partial charge in [0.1, 0.15) is 5.76 Å². The minimum absolute atomic E-state index is 0.0214. The van der Waals surface area contributed by atoms with Crippen LogP contribution in [-0.2, 0) is 4.79 Å². The van der Waals surface area contributed by atoms with Gasteiger partial charge in [0.05, 0.1) is 0 Å². The monoisotopic (exact) mass is 403 g/mol. The van der Waals surface area contributed by atoms with Gasteiger partial charge in [0, 0.05) is 29.3 Å². The number of rotatable bonds is 7. The Labute approximate surface area is 175 Å². The van der Waals surface area contributed by atoms with Crippen LogP contribution in [0, 0.1) is 5.92 Å². The number of aromatic nitrogens is 1. The smallest absolute Gasteiger partial charge is 0.277 e. The third kappa shape index (κ3) is 4.76. The Hall–Kier alpha value is -3.41. The first-order valence-electron chi connectivity index (χ1n) is 10.3. The lowest BCUT2D eigenvalue weighted by Gasteiger charge is -2.09. The molecule has 3 aromatic rings. The maximum atomic E-state index is 12.9. The van der Waals surface area contributed by atoms with Crippen molar-refractivity contribution in [3.05, 3.63) is 66.1 Å². The van der Waals surface area contributed by atoms with Crippen LogP contribution in [0.5, 0.6) is 0 Å². The van der Waals surface area contributed by atoms with Gasteiger partial charge in [-0.3, -0.25) is 9.59 Å². The molecule has 0 aliphatic heterocycles. The molecular formula is C24H25N3O3. The lowest BCUT2D eigenvalue weighted by Crippen LogP contribution is -2.15. The molecule has 1 aromatic heterocycles. The van der Waals surface area contributed by atoms with Crippen LogP contribution in [0.1, 0.15) is 55.3 Å². The average Bonchev–Trinajstić information content (AvgIpc) is 3.47. The van der Waals surface area contributed by atoms with E-state index in [-0.39, 0.29) is 17.7 Å².